The van der Waals surface area contributed by atoms with Crippen molar-refractivity contribution in [1.29, 1.82) is 0 Å². The molecular weight excluding hydrogens is 2000 g/mol. The number of anilines is 2. The van der Waals surface area contributed by atoms with E-state index in [9.17, 15) is 91.8 Å². The van der Waals surface area contributed by atoms with Crippen LogP contribution in [0.15, 0.2) is 214 Å². The number of aromatic nitrogens is 10. The third-order valence-corrected chi connectivity index (χ3v) is 22.6. The summed E-state index contributed by atoms with van der Waals surface area (Å²) in [5.41, 5.74) is 10.8. The first-order chi connectivity index (χ1) is 58.1. The van der Waals surface area contributed by atoms with Gasteiger partial charge in [0.1, 0.15) is 50.3 Å². The first-order valence-electron chi connectivity index (χ1n) is 34.2. The van der Waals surface area contributed by atoms with E-state index < -0.39 is 140 Å². The van der Waals surface area contributed by atoms with Crippen LogP contribution in [0.4, 0.5) is 39.0 Å². The molecule has 0 unspecified atom stereocenters. The second-order valence-corrected chi connectivity index (χ2v) is 34.4. The van der Waals surface area contributed by atoms with E-state index in [0.29, 0.717) is 40.4 Å². The SMILES string of the molecule is C1=NCN=C1.C1CNC1.Nc1cc(-n2nccn2)ccc1F.Nc1cc(I)ccc1F.O=C(O)c1cc(Cl)c(O)c(S(=O)(=O)Cc2cc(-n3nccn3)ccc2F)c1.O=C(O)c1cc(Cl)c(O)c(S(=O)(=O)Cl)c1.O=C(O)c1ccccn1.O=C(c1cc(Cl)c(O)c(S(=O)(=O)Cc2cc(-n3nccn3)ccc2F)c1)N1CCC1.O=[N+]([O-])c1cc(I)ccc1F. The van der Waals surface area contributed by atoms with Crippen LogP contribution in [0.5, 0.6) is 17.2 Å². The fraction of sp³-hybridized carbons (Fsp3) is 0.122. The highest BCUT2D eigenvalue weighted by Crippen LogP contribution is 2.38. The van der Waals surface area contributed by atoms with Crippen LogP contribution in [0, 0.1) is 46.3 Å². The number of nitrogens with two attached hydrogens (primary N) is 2. The predicted octanol–water partition coefficient (Wildman–Crippen LogP) is 12.9. The molecule has 0 spiro atoms. The second kappa shape index (κ2) is 45.8. The van der Waals surface area contributed by atoms with Crippen LogP contribution in [0.25, 0.3) is 17.1 Å². The van der Waals surface area contributed by atoms with Gasteiger partial charge in [0.05, 0.1) is 108 Å². The number of amides is 1. The van der Waals surface area contributed by atoms with Gasteiger partial charge in [-0.2, -0.15) is 49.4 Å². The molecule has 3 aliphatic rings. The molecule has 123 heavy (non-hydrogen) atoms. The van der Waals surface area contributed by atoms with Gasteiger partial charge in [-0.05, 0) is 205 Å². The molecular formula is C74H62Cl4F5I2N17O18S3. The number of hydrogen-bond donors (Lipinski definition) is 9. The van der Waals surface area contributed by atoms with Crippen molar-refractivity contribution in [3.63, 3.8) is 0 Å². The molecule has 2 fully saturated rings. The average molecular weight is 2060 g/mol. The van der Waals surface area contributed by atoms with Crippen molar-refractivity contribution >= 4 is 173 Å². The van der Waals surface area contributed by atoms with E-state index in [1.54, 1.807) is 60.1 Å². The van der Waals surface area contributed by atoms with E-state index in [0.717, 1.165) is 58.5 Å². The van der Waals surface area contributed by atoms with Gasteiger partial charge < -0.3 is 52.3 Å². The van der Waals surface area contributed by atoms with Gasteiger partial charge in [0.2, 0.25) is 5.82 Å². The summed E-state index contributed by atoms with van der Waals surface area (Å²) in [6, 6.07) is 30.6. The molecule has 2 saturated heterocycles. The first kappa shape index (κ1) is 98.1. The van der Waals surface area contributed by atoms with Crippen LogP contribution in [-0.4, -0.2) is 185 Å². The molecule has 12 aromatic rings. The molecule has 8 aromatic carbocycles. The Kier molecular flexibility index (Phi) is 36.5. The quantitative estimate of drug-likeness (QED) is 0.0115. The number of likely N-dealkylation sites (tertiary alicyclic amines) is 1. The minimum atomic E-state index is -4.32. The number of sulfone groups is 2. The largest absolute Gasteiger partial charge is 0.505 e. The number of benzene rings is 8. The van der Waals surface area contributed by atoms with Gasteiger partial charge >= 0.3 is 23.6 Å². The zero-order valence-electron chi connectivity index (χ0n) is 62.3. The Bertz CT molecular complexity index is 6200. The Morgan fingerprint density at radius 3 is 1.19 bits per heavy atom. The first-order valence-corrected chi connectivity index (χ1v) is 43.1. The third-order valence-electron chi connectivity index (χ3n) is 15.7. The Balaban J connectivity index is 0.000000202. The molecule has 49 heteroatoms. The topological polar surface area (TPSA) is 532 Å². The van der Waals surface area contributed by atoms with Crippen molar-refractivity contribution in [1.82, 2.24) is 60.2 Å². The minimum Gasteiger partial charge on any atom is -0.505 e. The van der Waals surface area contributed by atoms with Crippen LogP contribution in [-0.2, 0) is 40.2 Å². The van der Waals surface area contributed by atoms with Crippen LogP contribution >= 0.6 is 90.7 Å². The van der Waals surface area contributed by atoms with Crippen molar-refractivity contribution in [3.05, 3.63) is 284 Å². The van der Waals surface area contributed by atoms with Crippen molar-refractivity contribution in [2.45, 2.75) is 39.0 Å². The summed E-state index contributed by atoms with van der Waals surface area (Å²) >= 11 is 21.1. The van der Waals surface area contributed by atoms with E-state index in [1.807, 2.05) is 22.6 Å². The number of nitrogen functional groups attached to an aromatic ring is 2. The summed E-state index contributed by atoms with van der Waals surface area (Å²) in [7, 11) is -7.82. The van der Waals surface area contributed by atoms with Gasteiger partial charge in [0, 0.05) is 72.3 Å². The summed E-state index contributed by atoms with van der Waals surface area (Å²) in [5, 5.41) is 91.0. The van der Waals surface area contributed by atoms with Crippen LogP contribution in [0.2, 0.25) is 15.1 Å². The van der Waals surface area contributed by atoms with Crippen LogP contribution < -0.4 is 16.8 Å². The maximum absolute atomic E-state index is 14.3. The van der Waals surface area contributed by atoms with Crippen LogP contribution in [0.1, 0.15) is 65.5 Å². The maximum atomic E-state index is 14.3. The second-order valence-electron chi connectivity index (χ2n) is 24.3. The smallest absolute Gasteiger partial charge is 0.354 e. The van der Waals surface area contributed by atoms with Gasteiger partial charge in [-0.15, -0.1) is 0 Å². The average Bonchev–Trinajstić information content (AvgIpc) is 1.01. The van der Waals surface area contributed by atoms with E-state index in [2.05, 4.69) is 73.5 Å². The molecule has 0 atom stereocenters. The van der Waals surface area contributed by atoms with Gasteiger partial charge in [-0.3, -0.25) is 24.9 Å². The zero-order chi connectivity index (χ0) is 90.6. The highest BCUT2D eigenvalue weighted by Gasteiger charge is 2.30. The summed E-state index contributed by atoms with van der Waals surface area (Å²) in [6.07, 6.45) is 15.8. The lowest BCUT2D eigenvalue weighted by atomic mass is 10.1. The number of rotatable bonds is 15. The Morgan fingerprint density at radius 1 is 0.488 bits per heavy atom. The number of nitro groups is 1. The van der Waals surface area contributed by atoms with E-state index in [-0.39, 0.29) is 56.1 Å². The Morgan fingerprint density at radius 2 is 0.862 bits per heavy atom. The molecule has 0 bridgehead atoms. The number of carbonyl (C=O) groups is 4. The van der Waals surface area contributed by atoms with Gasteiger partial charge in [-0.1, -0.05) is 40.9 Å². The number of carboxylic acids is 3. The van der Waals surface area contributed by atoms with E-state index >= 15 is 0 Å². The maximum Gasteiger partial charge on any atom is 0.354 e. The lowest BCUT2D eigenvalue weighted by molar-refractivity contribution is -0.387. The number of nitrogens with zero attached hydrogens (tertiary/aromatic N) is 14. The molecule has 3 aliphatic heterocycles. The zero-order valence-corrected chi connectivity index (χ0v) is 72.1. The monoisotopic (exact) mass is 2060 g/mol. The predicted molar refractivity (Wildman–Crippen MR) is 457 cm³/mol. The van der Waals surface area contributed by atoms with E-state index in [1.165, 1.54) is 132 Å². The molecule has 4 aromatic heterocycles. The summed E-state index contributed by atoms with van der Waals surface area (Å²) in [4.78, 5) is 68.1. The van der Waals surface area contributed by atoms with Crippen molar-refractivity contribution in [3.8, 4) is 34.3 Å². The highest BCUT2D eigenvalue weighted by atomic mass is 127. The fourth-order valence-electron chi connectivity index (χ4n) is 9.36. The summed E-state index contributed by atoms with van der Waals surface area (Å²) in [6.45, 7) is 4.28. The number of nitrogens with one attached hydrogen (secondary N) is 1. The summed E-state index contributed by atoms with van der Waals surface area (Å²) in [5.74, 6) is -11.1. The molecule has 0 aliphatic carbocycles. The number of hydrogen-bond acceptors (Lipinski definition) is 27. The molecule has 0 radical (unpaired) electrons. The normalized spacial score (nSPS) is 12.1. The van der Waals surface area contributed by atoms with Gasteiger partial charge in [0.25, 0.3) is 15.0 Å². The Hall–Kier alpha value is -12.0. The highest BCUT2D eigenvalue weighted by molar-refractivity contribution is 14.1. The number of carbonyl (C=O) groups excluding carboxylic acids is 1. The van der Waals surface area contributed by atoms with Gasteiger partial charge in [0.15, 0.2) is 36.9 Å². The molecule has 11 N–H and O–H groups in total. The van der Waals surface area contributed by atoms with E-state index in [4.69, 9.17) is 72.3 Å². The number of aliphatic imine (C=N–C) groups is 2. The van der Waals surface area contributed by atoms with Gasteiger partial charge in [-0.25, -0.2) is 62.2 Å². The van der Waals surface area contributed by atoms with Crippen molar-refractivity contribution < 1.29 is 102 Å². The molecule has 646 valence electrons. The number of carboxylic acid groups (broad SMARTS) is 3. The molecule has 15 rings (SSSR count). The lowest BCUT2D eigenvalue weighted by Crippen LogP contribution is -2.42. The number of pyridine rings is 1. The minimum absolute atomic E-state index is 0.0473. The number of phenolic OH excluding ortho intramolecular Hbond substituents is 3. The molecule has 35 nitrogen and oxygen atoms in total. The number of phenols is 3. The summed E-state index contributed by atoms with van der Waals surface area (Å²) < 4.78 is 141. The lowest BCUT2D eigenvalue weighted by Gasteiger charge is -2.31. The molecule has 7 heterocycles. The third kappa shape index (κ3) is 29.4. The number of halogens is 11. The fourth-order valence-corrected chi connectivity index (χ4v) is 15.1. The molecule has 1 amide bonds. The standard InChI is InChI=1S/C19H16ClFN4O4S.C16H11ClFN3O5S.C8H7FN4.C7H4Cl2O5S.C6H3FINO2.C6H5FIN.C6H5NO2.C3H4N2.C3H7N/c20-15-9-12(19(27)24-6-1-7-24)10-17(18(15)26)30(28,29)11-13-8-14(2-3-16(13)21)25-22-4-5-23-25;17-12-6-9(16(23)24)7-14(15(12)22)27(25,26)8-10-5-11(1-2-13(10)18)21-19-3-4-20-21;9-7-2-1-6(5-8(7)10)13-11-3-4-12-13;8-4-1-3(7(11)12)2-5(6(4)10)15(9,13)14;7-5-2-1-4(8)3-6(5)9(10)11;7-5-2-1-4(8)3-6(5)9;8-6(9)5-3-1-2-4-7-5;1-2-5-3-4-1;1-2-4-3-1/h2-5,8-10,26H,1,6-7,11H2;1-7,22H,8H2,(H,23,24);1-5H,10H2;1-2,10H,(H,11,12);1-3H;1-3H,9H2;1-4H,(H,8,9);1-2H,3H2;4H,1-3H2. The van der Waals surface area contributed by atoms with Crippen molar-refractivity contribution in [2.75, 3.05) is 44.3 Å². The Labute approximate surface area is 740 Å². The number of aromatic carboxylic acids is 3. The van der Waals surface area contributed by atoms with Crippen LogP contribution in [0.3, 0.4) is 0 Å². The molecule has 0 saturated carbocycles. The van der Waals surface area contributed by atoms with Crippen molar-refractivity contribution in [2.24, 2.45) is 9.98 Å². The number of aromatic hydroxyl groups is 3. The number of nitro benzene ring substituents is 1.